The van der Waals surface area contributed by atoms with E-state index >= 15 is 0 Å². The summed E-state index contributed by atoms with van der Waals surface area (Å²) in [5.41, 5.74) is 3.48. The molecule has 0 fully saturated rings. The fourth-order valence-corrected chi connectivity index (χ4v) is 3.32. The number of hydrogen-bond donors (Lipinski definition) is 1. The van der Waals surface area contributed by atoms with Crippen molar-refractivity contribution in [1.29, 1.82) is 0 Å². The van der Waals surface area contributed by atoms with Crippen molar-refractivity contribution in [3.63, 3.8) is 0 Å². The fourth-order valence-electron chi connectivity index (χ4n) is 2.84. The quantitative estimate of drug-likeness (QED) is 0.614. The van der Waals surface area contributed by atoms with Crippen LogP contribution in [0.5, 0.6) is 0 Å². The first kappa shape index (κ1) is 19.9. The second kappa shape index (κ2) is 8.93. The molecule has 7 heteroatoms. The number of carbonyl (C=O) groups is 2. The number of esters is 1. The number of rotatable bonds is 7. The lowest BCUT2D eigenvalue weighted by atomic mass is 10.2. The number of hydrogen-bond acceptors (Lipinski definition) is 5. The molecule has 1 N–H and O–H groups in total. The van der Waals surface area contributed by atoms with Gasteiger partial charge in [-0.25, -0.2) is 4.98 Å². The number of ether oxygens (including phenoxy) is 1. The van der Waals surface area contributed by atoms with Crippen molar-refractivity contribution < 1.29 is 14.3 Å². The highest BCUT2D eigenvalue weighted by molar-refractivity contribution is 7.97. The van der Waals surface area contributed by atoms with Gasteiger partial charge in [0.2, 0.25) is 0 Å². The molecule has 0 spiro atoms. The number of para-hydroxylation sites is 2. The van der Waals surface area contributed by atoms with Crippen LogP contribution in [0.3, 0.4) is 0 Å². The van der Waals surface area contributed by atoms with E-state index in [1.807, 2.05) is 66.3 Å². The third kappa shape index (κ3) is 4.72. The number of anilines is 1. The summed E-state index contributed by atoms with van der Waals surface area (Å²) in [5, 5.41) is 2.76. The van der Waals surface area contributed by atoms with E-state index in [1.165, 1.54) is 0 Å². The van der Waals surface area contributed by atoms with Gasteiger partial charge < -0.3 is 14.6 Å². The molecule has 1 amide bonds. The van der Waals surface area contributed by atoms with Gasteiger partial charge >= 0.3 is 5.97 Å². The standard InChI is InChI=1S/C21H23N3O3S/c1-14-8-10-16(11-9-14)22-21(26)15(2)27-20(25)12-24-18-7-5-4-6-17(18)23-19(24)13-28-3/h4-11,15H,12-13H2,1-3H3,(H,22,26)/t15-/m1/s1. The van der Waals surface area contributed by atoms with Crippen LogP contribution in [0.15, 0.2) is 48.5 Å². The van der Waals surface area contributed by atoms with Crippen LogP contribution in [-0.4, -0.2) is 33.8 Å². The summed E-state index contributed by atoms with van der Waals surface area (Å²) in [6, 6.07) is 15.1. The van der Waals surface area contributed by atoms with Crippen molar-refractivity contribution in [3.8, 4) is 0 Å². The highest BCUT2D eigenvalue weighted by atomic mass is 32.2. The molecule has 0 radical (unpaired) electrons. The average molecular weight is 398 g/mol. The van der Waals surface area contributed by atoms with Gasteiger partial charge in [-0.1, -0.05) is 29.8 Å². The molecule has 0 saturated carbocycles. The molecular formula is C21H23N3O3S. The first-order valence-electron chi connectivity index (χ1n) is 8.98. The number of aromatic nitrogens is 2. The summed E-state index contributed by atoms with van der Waals surface area (Å²) in [4.78, 5) is 29.4. The lowest BCUT2D eigenvalue weighted by Crippen LogP contribution is -2.31. The van der Waals surface area contributed by atoms with Crippen LogP contribution in [0.25, 0.3) is 11.0 Å². The minimum absolute atomic E-state index is 0.0125. The molecule has 1 heterocycles. The minimum atomic E-state index is -0.896. The molecule has 0 aliphatic heterocycles. The minimum Gasteiger partial charge on any atom is -0.451 e. The second-order valence-corrected chi connectivity index (χ2v) is 7.39. The van der Waals surface area contributed by atoms with Crippen molar-refractivity contribution >= 4 is 40.4 Å². The molecular weight excluding hydrogens is 374 g/mol. The molecule has 0 aliphatic carbocycles. The van der Waals surface area contributed by atoms with Crippen molar-refractivity contribution in [2.24, 2.45) is 0 Å². The molecule has 0 aliphatic rings. The fraction of sp³-hybridized carbons (Fsp3) is 0.286. The summed E-state index contributed by atoms with van der Waals surface area (Å²) in [6.07, 6.45) is 1.09. The Balaban J connectivity index is 1.66. The van der Waals surface area contributed by atoms with Gasteiger partial charge in [0.1, 0.15) is 12.4 Å². The lowest BCUT2D eigenvalue weighted by molar-refractivity contribution is -0.153. The third-order valence-corrected chi connectivity index (χ3v) is 4.84. The normalized spacial score (nSPS) is 12.0. The Morgan fingerprint density at radius 2 is 1.89 bits per heavy atom. The molecule has 6 nitrogen and oxygen atoms in total. The van der Waals surface area contributed by atoms with Gasteiger partial charge in [-0.3, -0.25) is 9.59 Å². The first-order chi connectivity index (χ1) is 13.5. The van der Waals surface area contributed by atoms with Crippen LogP contribution in [0, 0.1) is 6.92 Å². The molecule has 3 aromatic rings. The summed E-state index contributed by atoms with van der Waals surface area (Å²) < 4.78 is 7.20. The van der Waals surface area contributed by atoms with Crippen molar-refractivity contribution in [3.05, 3.63) is 59.9 Å². The maximum atomic E-state index is 12.5. The number of thioether (sulfide) groups is 1. The van der Waals surface area contributed by atoms with Gasteiger partial charge in [0, 0.05) is 5.69 Å². The van der Waals surface area contributed by atoms with Crippen LogP contribution in [0.1, 0.15) is 18.3 Å². The predicted octanol–water partition coefficient (Wildman–Crippen LogP) is 3.78. The van der Waals surface area contributed by atoms with Crippen LogP contribution in [0.2, 0.25) is 0 Å². The molecule has 0 bridgehead atoms. The Morgan fingerprint density at radius 3 is 2.61 bits per heavy atom. The van der Waals surface area contributed by atoms with E-state index < -0.39 is 12.1 Å². The van der Waals surface area contributed by atoms with Crippen molar-refractivity contribution in [1.82, 2.24) is 9.55 Å². The summed E-state index contributed by atoms with van der Waals surface area (Å²) in [5.74, 6) is 0.655. The largest absolute Gasteiger partial charge is 0.451 e. The van der Waals surface area contributed by atoms with Crippen LogP contribution < -0.4 is 5.32 Å². The van der Waals surface area contributed by atoms with Crippen molar-refractivity contribution in [2.75, 3.05) is 11.6 Å². The molecule has 146 valence electrons. The van der Waals surface area contributed by atoms with Gasteiger partial charge in [-0.2, -0.15) is 11.8 Å². The zero-order valence-electron chi connectivity index (χ0n) is 16.1. The molecule has 1 aromatic heterocycles. The Kier molecular flexibility index (Phi) is 6.36. The summed E-state index contributed by atoms with van der Waals surface area (Å²) in [7, 11) is 0. The molecule has 2 aromatic carbocycles. The number of benzene rings is 2. The van der Waals surface area contributed by atoms with E-state index in [0.717, 1.165) is 22.4 Å². The zero-order chi connectivity index (χ0) is 20.1. The number of amides is 1. The van der Waals surface area contributed by atoms with E-state index in [4.69, 9.17) is 4.74 Å². The summed E-state index contributed by atoms with van der Waals surface area (Å²) >= 11 is 1.63. The highest BCUT2D eigenvalue weighted by Gasteiger charge is 2.20. The Bertz CT molecular complexity index is 982. The van der Waals surface area contributed by atoms with E-state index in [0.29, 0.717) is 11.4 Å². The first-order valence-corrected chi connectivity index (χ1v) is 10.4. The molecule has 0 saturated heterocycles. The van der Waals surface area contributed by atoms with Gasteiger partial charge in [0.05, 0.1) is 16.8 Å². The lowest BCUT2D eigenvalue weighted by Gasteiger charge is -2.15. The third-order valence-electron chi connectivity index (χ3n) is 4.29. The maximum Gasteiger partial charge on any atom is 0.326 e. The van der Waals surface area contributed by atoms with Gasteiger partial charge in [0.25, 0.3) is 5.91 Å². The Labute approximate surface area is 168 Å². The molecule has 3 rings (SSSR count). The second-order valence-electron chi connectivity index (χ2n) is 6.52. The number of imidazole rings is 1. The number of aryl methyl sites for hydroxylation is 1. The number of carbonyl (C=O) groups excluding carboxylic acids is 2. The Hall–Kier alpha value is -2.80. The number of fused-ring (bicyclic) bond motifs is 1. The molecule has 0 unspecified atom stereocenters. The van der Waals surface area contributed by atoms with E-state index in [1.54, 1.807) is 18.7 Å². The highest BCUT2D eigenvalue weighted by Crippen LogP contribution is 2.19. The Morgan fingerprint density at radius 1 is 1.18 bits per heavy atom. The smallest absolute Gasteiger partial charge is 0.326 e. The maximum absolute atomic E-state index is 12.5. The monoisotopic (exact) mass is 397 g/mol. The van der Waals surface area contributed by atoms with Gasteiger partial charge in [0.15, 0.2) is 6.10 Å². The SMILES string of the molecule is CSCc1nc2ccccc2n1CC(=O)O[C@H](C)C(=O)Nc1ccc(C)cc1. The van der Waals surface area contributed by atoms with Gasteiger partial charge in [-0.05, 0) is 44.4 Å². The topological polar surface area (TPSA) is 73.2 Å². The van der Waals surface area contributed by atoms with Crippen LogP contribution in [0.4, 0.5) is 5.69 Å². The number of nitrogens with zero attached hydrogens (tertiary/aromatic N) is 2. The van der Waals surface area contributed by atoms with Crippen molar-refractivity contribution in [2.45, 2.75) is 32.2 Å². The van der Waals surface area contributed by atoms with Crippen LogP contribution >= 0.6 is 11.8 Å². The molecule has 1 atom stereocenters. The molecule has 28 heavy (non-hydrogen) atoms. The number of nitrogens with one attached hydrogen (secondary N) is 1. The zero-order valence-corrected chi connectivity index (χ0v) is 17.0. The van der Waals surface area contributed by atoms with Gasteiger partial charge in [-0.15, -0.1) is 0 Å². The average Bonchev–Trinajstić information content (AvgIpc) is 3.01. The van der Waals surface area contributed by atoms with E-state index in [2.05, 4.69) is 10.3 Å². The van der Waals surface area contributed by atoms with Crippen LogP contribution in [-0.2, 0) is 26.6 Å². The predicted molar refractivity (Wildman–Crippen MR) is 112 cm³/mol. The summed E-state index contributed by atoms with van der Waals surface area (Å²) in [6.45, 7) is 3.55. The van der Waals surface area contributed by atoms with E-state index in [9.17, 15) is 9.59 Å². The van der Waals surface area contributed by atoms with E-state index in [-0.39, 0.29) is 12.5 Å².